The number of aliphatic hydroxyl groups is 1. The number of aryl methyl sites for hydroxylation is 1. The Labute approximate surface area is 151 Å². The number of aromatic nitrogens is 2. The molecule has 0 spiro atoms. The van der Waals surface area contributed by atoms with Gasteiger partial charge >= 0.3 is 0 Å². The molecule has 2 aromatic rings. The maximum Gasteiger partial charge on any atom is 0.251 e. The van der Waals surface area contributed by atoms with E-state index in [1.165, 1.54) is 0 Å². The van der Waals surface area contributed by atoms with Gasteiger partial charge in [0.25, 0.3) is 5.91 Å². The Hall–Kier alpha value is -2.03. The van der Waals surface area contributed by atoms with Gasteiger partial charge in [0.1, 0.15) is 5.82 Å². The number of anilines is 1. The number of carbonyl (C=O) groups excluding carboxylic acids is 1. The molecule has 0 aromatic carbocycles. The average molecular weight is 361 g/mol. The molecule has 2 aromatic heterocycles. The number of likely N-dealkylation sites (tertiary alicyclic amines) is 1. The number of pyridine rings is 1. The highest BCUT2D eigenvalue weighted by molar-refractivity contribution is 7.09. The van der Waals surface area contributed by atoms with Crippen LogP contribution in [0.4, 0.5) is 5.82 Å². The van der Waals surface area contributed by atoms with Crippen molar-refractivity contribution >= 4 is 23.1 Å². The molecule has 1 amide bonds. The van der Waals surface area contributed by atoms with Crippen molar-refractivity contribution in [2.45, 2.75) is 32.0 Å². The molecule has 7 nitrogen and oxygen atoms in total. The highest BCUT2D eigenvalue weighted by Crippen LogP contribution is 2.17. The summed E-state index contributed by atoms with van der Waals surface area (Å²) < 4.78 is 0. The molecule has 0 saturated carbocycles. The van der Waals surface area contributed by atoms with Crippen LogP contribution in [-0.2, 0) is 6.54 Å². The number of nitrogens with one attached hydrogen (secondary N) is 2. The number of rotatable bonds is 5. The third-order valence-electron chi connectivity index (χ3n) is 4.31. The predicted octanol–water partition coefficient (Wildman–Crippen LogP) is 1.25. The van der Waals surface area contributed by atoms with Crippen LogP contribution >= 0.6 is 11.3 Å². The molecule has 0 unspecified atom stereocenters. The molecule has 3 N–H and O–H groups in total. The molecule has 3 rings (SSSR count). The molecule has 0 radical (unpaired) electrons. The van der Waals surface area contributed by atoms with Crippen LogP contribution in [-0.4, -0.2) is 58.2 Å². The topological polar surface area (TPSA) is 90.4 Å². The second-order valence-corrected chi connectivity index (χ2v) is 7.27. The van der Waals surface area contributed by atoms with Gasteiger partial charge in [0.2, 0.25) is 0 Å². The quantitative estimate of drug-likeness (QED) is 0.743. The molecule has 3 heterocycles. The van der Waals surface area contributed by atoms with Crippen LogP contribution in [0, 0.1) is 6.92 Å². The smallest absolute Gasteiger partial charge is 0.251 e. The first-order valence-corrected chi connectivity index (χ1v) is 9.19. The zero-order valence-electron chi connectivity index (χ0n) is 14.4. The van der Waals surface area contributed by atoms with Gasteiger partial charge < -0.3 is 15.7 Å². The molecule has 2 atom stereocenters. The lowest BCUT2D eigenvalue weighted by molar-refractivity contribution is 0.0346. The van der Waals surface area contributed by atoms with Gasteiger partial charge in [-0.2, -0.15) is 0 Å². The van der Waals surface area contributed by atoms with Gasteiger partial charge in [-0.25, -0.2) is 9.97 Å². The van der Waals surface area contributed by atoms with E-state index in [4.69, 9.17) is 0 Å². The first-order chi connectivity index (χ1) is 12.0. The molecule has 25 heavy (non-hydrogen) atoms. The number of carbonyl (C=O) groups is 1. The van der Waals surface area contributed by atoms with Crippen molar-refractivity contribution in [3.63, 3.8) is 0 Å². The minimum absolute atomic E-state index is 0.188. The van der Waals surface area contributed by atoms with Crippen LogP contribution in [0.3, 0.4) is 0 Å². The summed E-state index contributed by atoms with van der Waals surface area (Å²) in [4.78, 5) is 23.1. The first kappa shape index (κ1) is 17.8. The average Bonchev–Trinajstić information content (AvgIpc) is 3.02. The largest absolute Gasteiger partial charge is 0.390 e. The van der Waals surface area contributed by atoms with E-state index in [1.807, 2.05) is 6.92 Å². The molecular formula is C17H23N5O2S. The maximum atomic E-state index is 12.4. The summed E-state index contributed by atoms with van der Waals surface area (Å²) >= 11 is 1.64. The highest BCUT2D eigenvalue weighted by atomic mass is 32.1. The SMILES string of the molecule is CNc1cc(C(=O)N[C@@H]2CCN(Cc3csc(C)n3)C[C@H]2O)ccn1. The zero-order chi connectivity index (χ0) is 17.8. The van der Waals surface area contributed by atoms with Crippen molar-refractivity contribution in [2.75, 3.05) is 25.5 Å². The lowest BCUT2D eigenvalue weighted by Gasteiger charge is -2.35. The van der Waals surface area contributed by atoms with Crippen LogP contribution in [0.5, 0.6) is 0 Å². The van der Waals surface area contributed by atoms with E-state index in [-0.39, 0.29) is 11.9 Å². The van der Waals surface area contributed by atoms with Gasteiger partial charge in [-0.3, -0.25) is 9.69 Å². The van der Waals surface area contributed by atoms with Crippen LogP contribution in [0.15, 0.2) is 23.7 Å². The Balaban J connectivity index is 1.55. The molecule has 0 bridgehead atoms. The number of amides is 1. The third-order valence-corrected chi connectivity index (χ3v) is 5.14. The van der Waals surface area contributed by atoms with Gasteiger partial charge in [-0.1, -0.05) is 0 Å². The lowest BCUT2D eigenvalue weighted by atomic mass is 10.0. The van der Waals surface area contributed by atoms with E-state index < -0.39 is 6.10 Å². The Morgan fingerprint density at radius 1 is 1.52 bits per heavy atom. The fraction of sp³-hybridized carbons (Fsp3) is 0.471. The van der Waals surface area contributed by atoms with Gasteiger partial charge in [0.05, 0.1) is 22.8 Å². The van der Waals surface area contributed by atoms with Crippen molar-refractivity contribution in [3.05, 3.63) is 40.0 Å². The Morgan fingerprint density at radius 2 is 2.36 bits per heavy atom. The number of β-amino-alcohol motifs (C(OH)–C–C–N with tert-alkyl or cyclic N) is 1. The van der Waals surface area contributed by atoms with Crippen LogP contribution in [0.1, 0.15) is 27.5 Å². The van der Waals surface area contributed by atoms with Gasteiger partial charge in [-0.15, -0.1) is 11.3 Å². The Bertz CT molecular complexity index is 735. The normalized spacial score (nSPS) is 21.1. The second kappa shape index (κ2) is 7.90. The number of hydrogen-bond acceptors (Lipinski definition) is 7. The van der Waals surface area contributed by atoms with E-state index in [2.05, 4.69) is 30.9 Å². The molecule has 1 saturated heterocycles. The van der Waals surface area contributed by atoms with E-state index in [0.29, 0.717) is 24.3 Å². The summed E-state index contributed by atoms with van der Waals surface area (Å²) in [5.41, 5.74) is 1.57. The van der Waals surface area contributed by atoms with Gasteiger partial charge in [-0.05, 0) is 25.5 Å². The van der Waals surface area contributed by atoms with Crippen LogP contribution in [0.25, 0.3) is 0 Å². The van der Waals surface area contributed by atoms with Crippen molar-refractivity contribution in [1.29, 1.82) is 0 Å². The monoisotopic (exact) mass is 361 g/mol. The predicted molar refractivity (Wildman–Crippen MR) is 97.8 cm³/mol. The summed E-state index contributed by atoms with van der Waals surface area (Å²) in [5.74, 6) is 0.452. The van der Waals surface area contributed by atoms with Crippen molar-refractivity contribution in [2.24, 2.45) is 0 Å². The zero-order valence-corrected chi connectivity index (χ0v) is 15.2. The number of nitrogens with zero attached hydrogens (tertiary/aromatic N) is 3. The minimum Gasteiger partial charge on any atom is -0.390 e. The highest BCUT2D eigenvalue weighted by Gasteiger charge is 2.29. The fourth-order valence-corrected chi connectivity index (χ4v) is 3.58. The van der Waals surface area contributed by atoms with E-state index >= 15 is 0 Å². The summed E-state index contributed by atoms with van der Waals surface area (Å²) in [6.45, 7) is 4.07. The van der Waals surface area contributed by atoms with E-state index in [9.17, 15) is 9.90 Å². The summed E-state index contributed by atoms with van der Waals surface area (Å²) in [6, 6.07) is 3.12. The number of piperidine rings is 1. The maximum absolute atomic E-state index is 12.4. The first-order valence-electron chi connectivity index (χ1n) is 8.31. The fourth-order valence-electron chi connectivity index (χ4n) is 2.98. The van der Waals surface area contributed by atoms with E-state index in [1.54, 1.807) is 36.7 Å². The Kier molecular flexibility index (Phi) is 5.62. The van der Waals surface area contributed by atoms with Crippen LogP contribution in [0.2, 0.25) is 0 Å². The minimum atomic E-state index is -0.594. The number of aliphatic hydroxyl groups excluding tert-OH is 1. The summed E-state index contributed by atoms with van der Waals surface area (Å²) in [7, 11) is 1.76. The van der Waals surface area contributed by atoms with Crippen molar-refractivity contribution in [3.8, 4) is 0 Å². The molecule has 0 aliphatic carbocycles. The molecule has 1 fully saturated rings. The van der Waals surface area contributed by atoms with Crippen molar-refractivity contribution < 1.29 is 9.90 Å². The third kappa shape index (κ3) is 4.53. The molecule has 8 heteroatoms. The lowest BCUT2D eigenvalue weighted by Crippen LogP contribution is -2.53. The number of hydrogen-bond donors (Lipinski definition) is 3. The van der Waals surface area contributed by atoms with Gasteiger partial charge in [0, 0.05) is 43.8 Å². The summed E-state index contributed by atoms with van der Waals surface area (Å²) in [6.07, 6.45) is 1.71. The standard InChI is InChI=1S/C17H23N5O2S/c1-11-20-13(10-25-11)8-22-6-4-14(15(23)9-22)21-17(24)12-3-5-19-16(7-12)18-2/h3,5,7,10,14-15,23H,4,6,8-9H2,1-2H3,(H,18,19)(H,21,24)/t14-,15-/m1/s1. The van der Waals surface area contributed by atoms with E-state index in [0.717, 1.165) is 23.8 Å². The molecule has 1 aliphatic heterocycles. The molecular weight excluding hydrogens is 338 g/mol. The second-order valence-electron chi connectivity index (χ2n) is 6.21. The van der Waals surface area contributed by atoms with Crippen molar-refractivity contribution in [1.82, 2.24) is 20.2 Å². The van der Waals surface area contributed by atoms with Gasteiger partial charge in [0.15, 0.2) is 0 Å². The number of thiazole rings is 1. The van der Waals surface area contributed by atoms with Crippen LogP contribution < -0.4 is 10.6 Å². The Morgan fingerprint density at radius 3 is 3.04 bits per heavy atom. The molecule has 134 valence electrons. The molecule has 1 aliphatic rings. The summed E-state index contributed by atoms with van der Waals surface area (Å²) in [5, 5.41) is 19.4.